The molecular formula is C16H22N2O8S. The van der Waals surface area contributed by atoms with Crippen LogP contribution in [0.2, 0.25) is 0 Å². The van der Waals surface area contributed by atoms with Crippen LogP contribution in [0.25, 0.3) is 0 Å². The Morgan fingerprint density at radius 3 is 2.78 bits per heavy atom. The lowest BCUT2D eigenvalue weighted by molar-refractivity contribution is -0.156. The fourth-order valence-corrected chi connectivity index (χ4v) is 4.93. The molecule has 0 aromatic rings. The maximum Gasteiger partial charge on any atom is 0.343 e. The lowest BCUT2D eigenvalue weighted by atomic mass is 10.0. The number of unbranched alkanes of at least 4 members (excludes halogenated alkanes) is 1. The van der Waals surface area contributed by atoms with Gasteiger partial charge in [-0.05, 0) is 12.8 Å². The van der Waals surface area contributed by atoms with Crippen LogP contribution < -0.4 is 10.6 Å². The van der Waals surface area contributed by atoms with Crippen LogP contribution in [0.3, 0.4) is 0 Å². The standard InChI is InChI=1S/C16H22N2O8S/c19-8(14-12(21)13(22)15(23)26-14)5-25-10(20)4-2-1-3-9-11-7(6-27-9)17-16(24)18-11/h7-9,11,13-14,19,22H,1-6H2,(H2,17,18,24)/t7-,8+,9?,11-,13?,14+/m0/s1. The number of carbonyl (C=O) groups is 4. The normalized spacial score (nSPS) is 33.3. The van der Waals surface area contributed by atoms with Gasteiger partial charge in [-0.25, -0.2) is 9.59 Å². The molecule has 11 heteroatoms. The minimum atomic E-state index is -1.90. The second-order valence-electron chi connectivity index (χ2n) is 6.78. The van der Waals surface area contributed by atoms with Gasteiger partial charge in [-0.2, -0.15) is 11.8 Å². The van der Waals surface area contributed by atoms with Gasteiger partial charge in [0, 0.05) is 17.4 Å². The summed E-state index contributed by atoms with van der Waals surface area (Å²) in [6.07, 6.45) is -2.50. The first-order valence-electron chi connectivity index (χ1n) is 8.81. The molecule has 0 bridgehead atoms. The highest BCUT2D eigenvalue weighted by Gasteiger charge is 2.46. The average Bonchev–Trinajstić information content (AvgIpc) is 3.26. The number of carbonyl (C=O) groups excluding carboxylic acids is 4. The summed E-state index contributed by atoms with van der Waals surface area (Å²) in [5.41, 5.74) is 0. The third-order valence-electron chi connectivity index (χ3n) is 4.84. The van der Waals surface area contributed by atoms with E-state index in [0.29, 0.717) is 11.7 Å². The first-order valence-corrected chi connectivity index (χ1v) is 9.86. The van der Waals surface area contributed by atoms with Crippen LogP contribution >= 0.6 is 11.8 Å². The predicted molar refractivity (Wildman–Crippen MR) is 91.8 cm³/mol. The molecule has 3 saturated heterocycles. The van der Waals surface area contributed by atoms with Crippen molar-refractivity contribution in [2.45, 2.75) is 61.3 Å². The highest BCUT2D eigenvalue weighted by atomic mass is 32.2. The molecule has 2 unspecified atom stereocenters. The zero-order chi connectivity index (χ0) is 19.6. The van der Waals surface area contributed by atoms with E-state index in [0.717, 1.165) is 18.6 Å². The zero-order valence-corrected chi connectivity index (χ0v) is 15.3. The van der Waals surface area contributed by atoms with E-state index in [2.05, 4.69) is 15.4 Å². The zero-order valence-electron chi connectivity index (χ0n) is 14.5. The summed E-state index contributed by atoms with van der Waals surface area (Å²) in [7, 11) is 0. The Kier molecular flexibility index (Phi) is 6.22. The Morgan fingerprint density at radius 1 is 1.30 bits per heavy atom. The van der Waals surface area contributed by atoms with E-state index in [1.807, 2.05) is 0 Å². The highest BCUT2D eigenvalue weighted by molar-refractivity contribution is 8.00. The number of hydrogen-bond acceptors (Lipinski definition) is 9. The van der Waals surface area contributed by atoms with Gasteiger partial charge < -0.3 is 30.3 Å². The van der Waals surface area contributed by atoms with Crippen molar-refractivity contribution in [1.82, 2.24) is 10.6 Å². The molecule has 3 heterocycles. The molecule has 6 atom stereocenters. The van der Waals surface area contributed by atoms with Gasteiger partial charge in [0.05, 0.1) is 12.1 Å². The lowest BCUT2D eigenvalue weighted by Gasteiger charge is -2.17. The molecule has 3 fully saturated rings. The topological polar surface area (TPSA) is 151 Å². The maximum atomic E-state index is 11.7. The van der Waals surface area contributed by atoms with Gasteiger partial charge in [-0.15, -0.1) is 0 Å². The van der Waals surface area contributed by atoms with E-state index in [-0.39, 0.29) is 24.5 Å². The van der Waals surface area contributed by atoms with Crippen molar-refractivity contribution in [2.24, 2.45) is 0 Å². The summed E-state index contributed by atoms with van der Waals surface area (Å²) in [5.74, 6) is -1.70. The molecule has 4 N–H and O–H groups in total. The molecule has 3 aliphatic rings. The number of Topliss-reactive ketones (excluding diaryl/α,β-unsaturated/α-hetero) is 1. The first kappa shape index (κ1) is 19.9. The third-order valence-corrected chi connectivity index (χ3v) is 6.35. The van der Waals surface area contributed by atoms with Gasteiger partial charge in [0.25, 0.3) is 0 Å². The number of hydrogen-bond donors (Lipinski definition) is 4. The number of cyclic esters (lactones) is 1. The molecular weight excluding hydrogens is 380 g/mol. The summed E-state index contributed by atoms with van der Waals surface area (Å²) >= 11 is 1.80. The van der Waals surface area contributed by atoms with E-state index in [9.17, 15) is 29.4 Å². The number of ketones is 1. The Morgan fingerprint density at radius 2 is 2.07 bits per heavy atom. The van der Waals surface area contributed by atoms with E-state index in [1.165, 1.54) is 0 Å². The first-order chi connectivity index (χ1) is 12.9. The molecule has 3 aliphatic heterocycles. The molecule has 150 valence electrons. The number of nitrogens with one attached hydrogen (secondary N) is 2. The van der Waals surface area contributed by atoms with Crippen molar-refractivity contribution in [1.29, 1.82) is 0 Å². The number of fused-ring (bicyclic) bond motifs is 1. The number of esters is 2. The van der Waals surface area contributed by atoms with Crippen molar-refractivity contribution in [2.75, 3.05) is 12.4 Å². The minimum Gasteiger partial charge on any atom is -0.463 e. The highest BCUT2D eigenvalue weighted by Crippen LogP contribution is 2.33. The van der Waals surface area contributed by atoms with Crippen molar-refractivity contribution >= 4 is 35.5 Å². The van der Waals surface area contributed by atoms with Crippen molar-refractivity contribution in [3.63, 3.8) is 0 Å². The molecule has 0 saturated carbocycles. The van der Waals surface area contributed by atoms with E-state index in [4.69, 9.17) is 4.74 Å². The van der Waals surface area contributed by atoms with Crippen LogP contribution in [0.1, 0.15) is 25.7 Å². The molecule has 2 amide bonds. The quantitative estimate of drug-likeness (QED) is 0.164. The lowest BCUT2D eigenvalue weighted by Crippen LogP contribution is -2.38. The fraction of sp³-hybridized carbons (Fsp3) is 0.750. The van der Waals surface area contributed by atoms with Crippen LogP contribution in [0.4, 0.5) is 4.79 Å². The number of aliphatic hydroxyl groups excluding tert-OH is 2. The fourth-order valence-electron chi connectivity index (χ4n) is 3.38. The van der Waals surface area contributed by atoms with Crippen LogP contribution in [0.5, 0.6) is 0 Å². The van der Waals surface area contributed by atoms with Crippen LogP contribution in [0.15, 0.2) is 0 Å². The van der Waals surface area contributed by atoms with Gasteiger partial charge in [-0.3, -0.25) is 9.59 Å². The smallest absolute Gasteiger partial charge is 0.343 e. The second-order valence-corrected chi connectivity index (χ2v) is 8.05. The molecule has 0 radical (unpaired) electrons. The van der Waals surface area contributed by atoms with E-state index < -0.39 is 42.6 Å². The second kappa shape index (κ2) is 8.44. The number of amides is 2. The molecule has 3 rings (SSSR count). The van der Waals surface area contributed by atoms with Crippen LogP contribution in [-0.2, 0) is 23.9 Å². The maximum absolute atomic E-state index is 11.7. The van der Waals surface area contributed by atoms with Crippen molar-refractivity contribution < 1.29 is 38.9 Å². The largest absolute Gasteiger partial charge is 0.463 e. The molecule has 27 heavy (non-hydrogen) atoms. The molecule has 0 aromatic carbocycles. The molecule has 0 aliphatic carbocycles. The SMILES string of the molecule is O=C1N[C@H]2CSC(CCCCC(=O)OC[C@@H](O)[C@H]3OC(=O)C(O)C3=O)[C@H]2N1. The van der Waals surface area contributed by atoms with E-state index >= 15 is 0 Å². The number of aliphatic hydroxyl groups is 2. The summed E-state index contributed by atoms with van der Waals surface area (Å²) in [6, 6.07) is 0.174. The number of thioether (sulfide) groups is 1. The Hall–Kier alpha value is -1.85. The van der Waals surface area contributed by atoms with Crippen LogP contribution in [0, 0.1) is 0 Å². The minimum absolute atomic E-state index is 0.128. The van der Waals surface area contributed by atoms with Gasteiger partial charge >= 0.3 is 18.0 Å². The molecule has 10 nitrogen and oxygen atoms in total. The van der Waals surface area contributed by atoms with Gasteiger partial charge in [0.2, 0.25) is 11.9 Å². The molecule has 0 aromatic heterocycles. The monoisotopic (exact) mass is 402 g/mol. The van der Waals surface area contributed by atoms with E-state index in [1.54, 1.807) is 11.8 Å². The molecule has 0 spiro atoms. The van der Waals surface area contributed by atoms with Crippen molar-refractivity contribution in [3.8, 4) is 0 Å². The number of urea groups is 1. The van der Waals surface area contributed by atoms with Gasteiger partial charge in [-0.1, -0.05) is 6.42 Å². The Bertz CT molecular complexity index is 630. The predicted octanol–water partition coefficient (Wildman–Crippen LogP) is -1.53. The summed E-state index contributed by atoms with van der Waals surface area (Å²) in [6.45, 7) is -0.491. The Balaban J connectivity index is 1.29. The van der Waals surface area contributed by atoms with Crippen LogP contribution in [-0.4, -0.2) is 82.0 Å². The average molecular weight is 402 g/mol. The van der Waals surface area contributed by atoms with Gasteiger partial charge in [0.15, 0.2) is 6.10 Å². The number of ether oxygens (including phenoxy) is 2. The Labute approximate surface area is 159 Å². The third kappa shape index (κ3) is 4.53. The van der Waals surface area contributed by atoms with Gasteiger partial charge in [0.1, 0.15) is 12.7 Å². The summed E-state index contributed by atoms with van der Waals surface area (Å²) in [4.78, 5) is 45.6. The van der Waals surface area contributed by atoms with Crippen molar-refractivity contribution in [3.05, 3.63) is 0 Å². The summed E-state index contributed by atoms with van der Waals surface area (Å²) < 4.78 is 9.46. The number of rotatable bonds is 8. The summed E-state index contributed by atoms with van der Waals surface area (Å²) in [5, 5.41) is 25.1.